The molecule has 2 atom stereocenters. The molecule has 0 amide bonds. The zero-order valence-corrected chi connectivity index (χ0v) is 20.5. The van der Waals surface area contributed by atoms with Gasteiger partial charge in [0.25, 0.3) is 0 Å². The van der Waals surface area contributed by atoms with Crippen LogP contribution >= 0.6 is 7.75 Å². The van der Waals surface area contributed by atoms with Crippen molar-refractivity contribution < 1.29 is 45.1 Å². The highest BCUT2D eigenvalue weighted by Gasteiger charge is 2.40. The molecule has 12 heteroatoms. The van der Waals surface area contributed by atoms with Crippen LogP contribution in [-0.2, 0) is 14.1 Å². The average molecular weight is 523 g/mol. The van der Waals surface area contributed by atoms with Crippen molar-refractivity contribution in [1.82, 2.24) is 5.09 Å². The lowest BCUT2D eigenvalue weighted by molar-refractivity contribution is -0.148. The number of ether oxygens (including phenoxy) is 1. The van der Waals surface area contributed by atoms with Gasteiger partial charge in [-0.25, -0.2) is 17.7 Å². The summed E-state index contributed by atoms with van der Waals surface area (Å²) in [7, 11) is -4.98. The van der Waals surface area contributed by atoms with Gasteiger partial charge >= 0.3 is 13.7 Å². The third-order valence-electron chi connectivity index (χ3n) is 5.18. The number of hydrogen-bond donors (Lipinski definition) is 1. The van der Waals surface area contributed by atoms with E-state index in [1.165, 1.54) is 24.3 Å². The first-order chi connectivity index (χ1) is 16.4. The summed E-state index contributed by atoms with van der Waals surface area (Å²) in [4.78, 5) is 12.8. The molecule has 0 saturated carbocycles. The quantitative estimate of drug-likeness (QED) is 0.112. The molecule has 0 heterocycles. The van der Waals surface area contributed by atoms with Crippen LogP contribution in [0.1, 0.15) is 40.5 Å². The molecule has 1 N–H and O–H groups in total. The zero-order valence-electron chi connectivity index (χ0n) is 19.6. The summed E-state index contributed by atoms with van der Waals surface area (Å²) in [6.45, 7) is 7.02. The van der Waals surface area contributed by atoms with Crippen molar-refractivity contribution >= 4 is 13.7 Å². The maximum absolute atomic E-state index is 14.3. The smallest absolute Gasteiger partial charge is 0.464 e. The molecule has 2 rings (SSSR count). The van der Waals surface area contributed by atoms with Gasteiger partial charge in [-0.05, 0) is 24.0 Å². The molecule has 0 radical (unpaired) electrons. The van der Waals surface area contributed by atoms with Crippen molar-refractivity contribution in [2.45, 2.75) is 46.6 Å². The second kappa shape index (κ2) is 12.4. The maximum Gasteiger partial charge on any atom is 0.513 e. The highest BCUT2D eigenvalue weighted by Crippen LogP contribution is 2.48. The third kappa shape index (κ3) is 7.18. The van der Waals surface area contributed by atoms with Gasteiger partial charge in [-0.2, -0.15) is 13.9 Å². The third-order valence-corrected chi connectivity index (χ3v) is 6.65. The number of hydrogen-bond acceptors (Lipinski definition) is 5. The largest absolute Gasteiger partial charge is 0.513 e. The molecule has 194 valence electrons. The van der Waals surface area contributed by atoms with Crippen LogP contribution in [0.5, 0.6) is 11.5 Å². The van der Waals surface area contributed by atoms with Gasteiger partial charge in [-0.1, -0.05) is 58.7 Å². The molecule has 2 aromatic carbocycles. The topological polar surface area (TPSA) is 73.9 Å². The van der Waals surface area contributed by atoms with Gasteiger partial charge in [0.1, 0.15) is 11.8 Å². The van der Waals surface area contributed by atoms with Crippen LogP contribution in [0.15, 0.2) is 30.3 Å². The molecule has 1 unspecified atom stereocenters. The van der Waals surface area contributed by atoms with Gasteiger partial charge in [-0.3, -0.25) is 4.79 Å². The summed E-state index contributed by atoms with van der Waals surface area (Å²) in [5.74, 6) is -15.0. The SMILES string of the molecule is CCC(CC)COC(=O)[C@@H](NP(=O)(Oc1ccccc1)Oc1c(F)c(F)c(F)c(F)c1F)C(C)C. The van der Waals surface area contributed by atoms with E-state index in [4.69, 9.17) is 13.8 Å². The Hall–Kier alpha value is -2.65. The van der Waals surface area contributed by atoms with E-state index in [0.29, 0.717) is 0 Å². The standard InChI is InChI=1S/C23H27F5NO5P/c1-5-14(6-2)12-32-23(30)21(13(3)4)29-35(31,33-15-10-8-7-9-11-15)34-22-19(27)17(25)16(24)18(26)20(22)28/h7-11,13-14,21H,5-6,12H2,1-4H3,(H,29,31)/t21-,35?/m0/s1. The average Bonchev–Trinajstić information content (AvgIpc) is 2.83. The van der Waals surface area contributed by atoms with Crippen LogP contribution in [0, 0.1) is 40.9 Å². The van der Waals surface area contributed by atoms with Crippen molar-refractivity contribution in [3.63, 3.8) is 0 Å². The van der Waals surface area contributed by atoms with Crippen molar-refractivity contribution in [3.05, 3.63) is 59.4 Å². The maximum atomic E-state index is 14.3. The van der Waals surface area contributed by atoms with E-state index in [1.807, 2.05) is 13.8 Å². The van der Waals surface area contributed by atoms with E-state index in [2.05, 4.69) is 5.09 Å². The summed E-state index contributed by atoms with van der Waals surface area (Å²) in [6.07, 6.45) is 1.48. The van der Waals surface area contributed by atoms with Crippen LogP contribution in [0.4, 0.5) is 22.0 Å². The number of rotatable bonds is 12. The Bertz CT molecular complexity index is 1040. The second-order valence-corrected chi connectivity index (χ2v) is 9.67. The first-order valence-electron chi connectivity index (χ1n) is 10.9. The molecule has 0 aromatic heterocycles. The van der Waals surface area contributed by atoms with Crippen LogP contribution in [-0.4, -0.2) is 18.6 Å². The molecule has 0 saturated heterocycles. The van der Waals surface area contributed by atoms with E-state index in [-0.39, 0.29) is 18.3 Å². The van der Waals surface area contributed by atoms with E-state index >= 15 is 0 Å². The van der Waals surface area contributed by atoms with Crippen molar-refractivity contribution in [1.29, 1.82) is 0 Å². The monoisotopic (exact) mass is 523 g/mol. The number of carbonyl (C=O) groups is 1. The molecule has 35 heavy (non-hydrogen) atoms. The Labute approximate surface area is 200 Å². The van der Waals surface area contributed by atoms with Crippen molar-refractivity contribution in [2.75, 3.05) is 6.61 Å². The molecule has 0 aliphatic heterocycles. The van der Waals surface area contributed by atoms with Gasteiger partial charge < -0.3 is 13.8 Å². The summed E-state index contributed by atoms with van der Waals surface area (Å²) in [6, 6.07) is 5.78. The highest BCUT2D eigenvalue weighted by molar-refractivity contribution is 7.52. The lowest BCUT2D eigenvalue weighted by Crippen LogP contribution is -2.42. The van der Waals surface area contributed by atoms with Crippen LogP contribution < -0.4 is 14.1 Å². The van der Waals surface area contributed by atoms with Crippen LogP contribution in [0.2, 0.25) is 0 Å². The van der Waals surface area contributed by atoms with Gasteiger partial charge in [0.2, 0.25) is 34.8 Å². The molecule has 0 spiro atoms. The molecular weight excluding hydrogens is 496 g/mol. The van der Waals surface area contributed by atoms with E-state index < -0.39 is 60.5 Å². The lowest BCUT2D eigenvalue weighted by atomic mass is 10.0. The van der Waals surface area contributed by atoms with Crippen LogP contribution in [0.25, 0.3) is 0 Å². The fourth-order valence-corrected chi connectivity index (χ4v) is 4.62. The number of esters is 1. The minimum absolute atomic E-state index is 0.0685. The second-order valence-electron chi connectivity index (χ2n) is 8.06. The highest BCUT2D eigenvalue weighted by atomic mass is 31.2. The van der Waals surface area contributed by atoms with Gasteiger partial charge in [0, 0.05) is 0 Å². The predicted molar refractivity (Wildman–Crippen MR) is 118 cm³/mol. The fraction of sp³-hybridized carbons (Fsp3) is 0.435. The number of nitrogens with one attached hydrogen (secondary N) is 1. The first kappa shape index (κ1) is 28.6. The number of halogens is 5. The fourth-order valence-electron chi connectivity index (χ4n) is 2.93. The Kier molecular flexibility index (Phi) is 10.1. The van der Waals surface area contributed by atoms with Crippen molar-refractivity contribution in [2.24, 2.45) is 11.8 Å². The van der Waals surface area contributed by atoms with Gasteiger partial charge in [0.15, 0.2) is 0 Å². The molecular formula is C23H27F5NO5P. The molecule has 0 aliphatic rings. The van der Waals surface area contributed by atoms with Crippen molar-refractivity contribution in [3.8, 4) is 11.5 Å². The summed E-state index contributed by atoms with van der Waals surface area (Å²) >= 11 is 0. The molecule has 0 bridgehead atoms. The van der Waals surface area contributed by atoms with E-state index in [0.717, 1.165) is 12.8 Å². The number of carbonyl (C=O) groups excluding carboxylic acids is 1. The van der Waals surface area contributed by atoms with Gasteiger partial charge in [0.05, 0.1) is 6.61 Å². The summed E-state index contributed by atoms with van der Waals surface area (Å²) in [5, 5.41) is 2.26. The first-order valence-corrected chi connectivity index (χ1v) is 12.5. The zero-order chi connectivity index (χ0) is 26.3. The molecule has 0 aliphatic carbocycles. The van der Waals surface area contributed by atoms with Crippen LogP contribution in [0.3, 0.4) is 0 Å². The molecule has 2 aromatic rings. The molecule has 0 fully saturated rings. The number of benzene rings is 2. The minimum Gasteiger partial charge on any atom is -0.464 e. The Morgan fingerprint density at radius 1 is 0.886 bits per heavy atom. The Morgan fingerprint density at radius 3 is 1.89 bits per heavy atom. The molecule has 6 nitrogen and oxygen atoms in total. The summed E-state index contributed by atoms with van der Waals surface area (Å²) in [5.41, 5.74) is 0. The lowest BCUT2D eigenvalue weighted by Gasteiger charge is -2.27. The van der Waals surface area contributed by atoms with Gasteiger partial charge in [-0.15, -0.1) is 0 Å². The predicted octanol–water partition coefficient (Wildman–Crippen LogP) is 6.54. The normalized spacial score (nSPS) is 14.0. The minimum atomic E-state index is -4.98. The Morgan fingerprint density at radius 2 is 1.40 bits per heavy atom. The van der Waals surface area contributed by atoms with E-state index in [9.17, 15) is 31.3 Å². The Balaban J connectivity index is 2.45. The van der Waals surface area contributed by atoms with E-state index in [1.54, 1.807) is 19.9 Å². The number of para-hydroxylation sites is 1. The summed E-state index contributed by atoms with van der Waals surface area (Å²) < 4.78 is 98.4.